The first-order valence-electron chi connectivity index (χ1n) is 12.9. The van der Waals surface area contributed by atoms with Crippen LogP contribution in [-0.2, 0) is 11.3 Å². The maximum absolute atomic E-state index is 13.7. The van der Waals surface area contributed by atoms with Gasteiger partial charge in [-0.05, 0) is 43.9 Å². The number of hydrogen-bond acceptors (Lipinski definition) is 6. The molecule has 9 heteroatoms. The van der Waals surface area contributed by atoms with Crippen molar-refractivity contribution in [3.05, 3.63) is 50.7 Å². The van der Waals surface area contributed by atoms with Crippen LogP contribution in [0.3, 0.4) is 0 Å². The maximum Gasteiger partial charge on any atom is 0.330 e. The maximum atomic E-state index is 13.7. The van der Waals surface area contributed by atoms with Gasteiger partial charge in [-0.1, -0.05) is 38.3 Å². The minimum Gasteiger partial charge on any atom is -0.383 e. The van der Waals surface area contributed by atoms with E-state index in [1.165, 1.54) is 15.8 Å². The third kappa shape index (κ3) is 5.61. The van der Waals surface area contributed by atoms with Gasteiger partial charge in [-0.15, -0.1) is 0 Å². The van der Waals surface area contributed by atoms with Crippen molar-refractivity contribution >= 4 is 23.1 Å². The normalized spacial score (nSPS) is 17.1. The number of carbonyl (C=O) groups is 1. The summed E-state index contributed by atoms with van der Waals surface area (Å²) in [6.07, 6.45) is 5.34. The molecule has 35 heavy (non-hydrogen) atoms. The molecule has 0 bridgehead atoms. The zero-order valence-electron chi connectivity index (χ0n) is 21.0. The smallest absolute Gasteiger partial charge is 0.330 e. The Kier molecular flexibility index (Phi) is 7.95. The van der Waals surface area contributed by atoms with E-state index in [9.17, 15) is 14.4 Å². The molecule has 1 saturated carbocycles. The average molecular weight is 483 g/mol. The van der Waals surface area contributed by atoms with E-state index in [0.717, 1.165) is 64.7 Å². The Morgan fingerprint density at radius 3 is 2.51 bits per heavy atom. The quantitative estimate of drug-likeness (QED) is 0.598. The zero-order chi connectivity index (χ0) is 24.9. The number of nitrogen functional groups attached to an aromatic ring is 1. The highest BCUT2D eigenvalue weighted by atomic mass is 16.2. The van der Waals surface area contributed by atoms with E-state index in [1.54, 1.807) is 4.90 Å². The monoisotopic (exact) mass is 482 g/mol. The molecule has 2 heterocycles. The van der Waals surface area contributed by atoms with Crippen LogP contribution >= 0.6 is 0 Å². The highest BCUT2D eigenvalue weighted by Gasteiger charge is 2.33. The molecule has 0 unspecified atom stereocenters. The second-order valence-electron chi connectivity index (χ2n) is 9.80. The number of aryl methyl sites for hydroxylation is 1. The molecule has 0 atom stereocenters. The van der Waals surface area contributed by atoms with Crippen molar-refractivity contribution in [1.82, 2.24) is 14.5 Å². The van der Waals surface area contributed by atoms with Gasteiger partial charge >= 0.3 is 5.69 Å². The lowest BCUT2D eigenvalue weighted by Crippen LogP contribution is -2.53. The van der Waals surface area contributed by atoms with Crippen LogP contribution in [0, 0.1) is 6.92 Å². The Morgan fingerprint density at radius 1 is 1.14 bits per heavy atom. The van der Waals surface area contributed by atoms with E-state index in [-0.39, 0.29) is 30.0 Å². The molecule has 2 aromatic rings. The molecule has 1 amide bonds. The number of aromatic nitrogens is 2. The van der Waals surface area contributed by atoms with Crippen LogP contribution < -0.4 is 26.8 Å². The van der Waals surface area contributed by atoms with Gasteiger partial charge in [0.05, 0.1) is 6.54 Å². The fourth-order valence-corrected chi connectivity index (χ4v) is 5.28. The molecule has 190 valence electrons. The molecule has 1 aliphatic heterocycles. The number of nitrogens with one attached hydrogen (secondary N) is 1. The summed E-state index contributed by atoms with van der Waals surface area (Å²) in [5.41, 5.74) is 7.86. The summed E-state index contributed by atoms with van der Waals surface area (Å²) in [7, 11) is 0. The Morgan fingerprint density at radius 2 is 1.86 bits per heavy atom. The Labute approximate surface area is 206 Å². The van der Waals surface area contributed by atoms with Crippen molar-refractivity contribution in [2.24, 2.45) is 0 Å². The largest absolute Gasteiger partial charge is 0.383 e. The number of amides is 1. The number of H-pyrrole nitrogens is 1. The second-order valence-corrected chi connectivity index (χ2v) is 9.80. The minimum absolute atomic E-state index is 0.0726. The van der Waals surface area contributed by atoms with Gasteiger partial charge < -0.3 is 15.5 Å². The second kappa shape index (κ2) is 11.1. The van der Waals surface area contributed by atoms with Crippen LogP contribution in [0.4, 0.5) is 17.2 Å². The standard InChI is InChI=1S/C26H38N6O3/c1-3-4-12-31-24(27)23(25(34)28-26(31)35)32(20-9-5-6-10-20)22(33)18-29-13-15-30(16-14-29)21-11-7-8-19(2)17-21/h7-8,11,17,20H,3-6,9-10,12-16,18,27H2,1-2H3,(H,28,34,35). The molecule has 1 aromatic heterocycles. The Hall–Kier alpha value is -3.07. The number of nitrogens with zero attached hydrogens (tertiary/aromatic N) is 4. The predicted molar refractivity (Wildman–Crippen MR) is 140 cm³/mol. The number of benzene rings is 1. The summed E-state index contributed by atoms with van der Waals surface area (Å²) in [6.45, 7) is 7.97. The minimum atomic E-state index is -0.579. The van der Waals surface area contributed by atoms with Crippen LogP contribution in [-0.4, -0.2) is 59.1 Å². The third-order valence-electron chi connectivity index (χ3n) is 7.25. The van der Waals surface area contributed by atoms with Gasteiger partial charge in [0.15, 0.2) is 5.69 Å². The van der Waals surface area contributed by atoms with Crippen molar-refractivity contribution in [1.29, 1.82) is 0 Å². The van der Waals surface area contributed by atoms with E-state index in [0.29, 0.717) is 6.54 Å². The van der Waals surface area contributed by atoms with Crippen LogP contribution in [0.25, 0.3) is 0 Å². The molecule has 1 aromatic carbocycles. The summed E-state index contributed by atoms with van der Waals surface area (Å²) in [6, 6.07) is 8.40. The first-order chi connectivity index (χ1) is 16.9. The first-order valence-corrected chi connectivity index (χ1v) is 12.9. The number of rotatable bonds is 8. The van der Waals surface area contributed by atoms with Crippen molar-refractivity contribution < 1.29 is 4.79 Å². The number of aromatic amines is 1. The van der Waals surface area contributed by atoms with Crippen LogP contribution in [0.2, 0.25) is 0 Å². The molecule has 2 aliphatic rings. The summed E-state index contributed by atoms with van der Waals surface area (Å²) in [4.78, 5) is 47.6. The van der Waals surface area contributed by atoms with Gasteiger partial charge in [0.2, 0.25) is 5.91 Å². The van der Waals surface area contributed by atoms with Crippen LogP contribution in [0.15, 0.2) is 33.9 Å². The Bertz CT molecular complexity index is 1140. The summed E-state index contributed by atoms with van der Waals surface area (Å²) in [5.74, 6) is -0.0319. The third-order valence-corrected chi connectivity index (χ3v) is 7.25. The van der Waals surface area contributed by atoms with Crippen molar-refractivity contribution in [3.63, 3.8) is 0 Å². The molecular weight excluding hydrogens is 444 g/mol. The predicted octanol–water partition coefficient (Wildman–Crippen LogP) is 2.33. The molecule has 0 spiro atoms. The SMILES string of the molecule is CCCCn1c(N)c(N(C(=O)CN2CCN(c3cccc(C)c3)CC2)C2CCCC2)c(=O)[nH]c1=O. The Balaban J connectivity index is 1.53. The van der Waals surface area contributed by atoms with Crippen molar-refractivity contribution in [2.45, 2.75) is 65.0 Å². The topological polar surface area (TPSA) is 108 Å². The lowest BCUT2D eigenvalue weighted by Gasteiger charge is -2.37. The van der Waals surface area contributed by atoms with Crippen molar-refractivity contribution in [2.75, 3.05) is 48.3 Å². The molecular formula is C26H38N6O3. The fraction of sp³-hybridized carbons (Fsp3) is 0.577. The molecule has 9 nitrogen and oxygen atoms in total. The van der Waals surface area contributed by atoms with Gasteiger partial charge in [0.25, 0.3) is 5.56 Å². The fourth-order valence-electron chi connectivity index (χ4n) is 5.28. The van der Waals surface area contributed by atoms with E-state index >= 15 is 0 Å². The molecule has 2 fully saturated rings. The number of unbranched alkanes of at least 4 members (excludes halogenated alkanes) is 1. The number of nitrogens with two attached hydrogens (primary N) is 1. The summed E-state index contributed by atoms with van der Waals surface area (Å²) < 4.78 is 1.40. The van der Waals surface area contributed by atoms with Gasteiger partial charge in [-0.3, -0.25) is 24.0 Å². The molecule has 1 aliphatic carbocycles. The average Bonchev–Trinajstić information content (AvgIpc) is 3.36. The zero-order valence-corrected chi connectivity index (χ0v) is 21.0. The van der Waals surface area contributed by atoms with Gasteiger partial charge in [-0.2, -0.15) is 0 Å². The molecule has 4 rings (SSSR count). The first kappa shape index (κ1) is 25.0. The molecule has 3 N–H and O–H groups in total. The van der Waals surface area contributed by atoms with E-state index in [2.05, 4.69) is 46.0 Å². The van der Waals surface area contributed by atoms with Gasteiger partial charge in [0, 0.05) is 44.5 Å². The summed E-state index contributed by atoms with van der Waals surface area (Å²) >= 11 is 0. The van der Waals surface area contributed by atoms with Gasteiger partial charge in [0.1, 0.15) is 5.82 Å². The highest BCUT2D eigenvalue weighted by Crippen LogP contribution is 2.29. The van der Waals surface area contributed by atoms with Crippen LogP contribution in [0.5, 0.6) is 0 Å². The van der Waals surface area contributed by atoms with E-state index in [4.69, 9.17) is 5.73 Å². The van der Waals surface area contributed by atoms with E-state index in [1.807, 2.05) is 6.92 Å². The van der Waals surface area contributed by atoms with Gasteiger partial charge in [-0.25, -0.2) is 4.79 Å². The number of piperazine rings is 1. The molecule has 1 saturated heterocycles. The lowest BCUT2D eigenvalue weighted by molar-refractivity contribution is -0.120. The summed E-state index contributed by atoms with van der Waals surface area (Å²) in [5, 5.41) is 0. The number of carbonyl (C=O) groups excluding carboxylic acids is 1. The lowest BCUT2D eigenvalue weighted by atomic mass is 10.1. The highest BCUT2D eigenvalue weighted by molar-refractivity contribution is 5.97. The van der Waals surface area contributed by atoms with E-state index < -0.39 is 11.2 Å². The van der Waals surface area contributed by atoms with Crippen LogP contribution in [0.1, 0.15) is 51.0 Å². The number of hydrogen-bond donors (Lipinski definition) is 2. The molecule has 0 radical (unpaired) electrons. The number of anilines is 3. The van der Waals surface area contributed by atoms with Crippen molar-refractivity contribution in [3.8, 4) is 0 Å².